The maximum absolute atomic E-state index is 10.9. The highest BCUT2D eigenvalue weighted by atomic mass is 16.4. The van der Waals surface area contributed by atoms with Gasteiger partial charge in [0.1, 0.15) is 0 Å². The van der Waals surface area contributed by atoms with Gasteiger partial charge in [0.25, 0.3) is 0 Å². The molecule has 0 aromatic heterocycles. The third kappa shape index (κ3) is 3.20. The molecular formula is C12H23NO2. The minimum absolute atomic E-state index is 0.101. The van der Waals surface area contributed by atoms with E-state index in [1.54, 1.807) is 0 Å². The van der Waals surface area contributed by atoms with Gasteiger partial charge in [-0.05, 0) is 39.3 Å². The third-order valence-electron chi connectivity index (χ3n) is 3.87. The van der Waals surface area contributed by atoms with Gasteiger partial charge in [0.2, 0.25) is 0 Å². The molecule has 0 aromatic carbocycles. The maximum atomic E-state index is 10.9. The Bertz CT molecular complexity index is 228. The molecule has 1 rings (SSSR count). The van der Waals surface area contributed by atoms with Crippen molar-refractivity contribution < 1.29 is 9.90 Å². The lowest BCUT2D eigenvalue weighted by Gasteiger charge is -2.38. The summed E-state index contributed by atoms with van der Waals surface area (Å²) in [4.78, 5) is 13.1. The summed E-state index contributed by atoms with van der Waals surface area (Å²) in [6.07, 6.45) is 5.89. The van der Waals surface area contributed by atoms with Gasteiger partial charge in [0.15, 0.2) is 0 Å². The highest BCUT2D eigenvalue weighted by Crippen LogP contribution is 2.35. The molecule has 0 aliphatic heterocycles. The van der Waals surface area contributed by atoms with Crippen LogP contribution in [0.3, 0.4) is 0 Å². The fraction of sp³-hybridized carbons (Fsp3) is 0.917. The molecule has 2 unspecified atom stereocenters. The molecule has 1 fully saturated rings. The first-order chi connectivity index (χ1) is 6.96. The third-order valence-corrected chi connectivity index (χ3v) is 3.87. The molecule has 0 radical (unpaired) electrons. The first-order valence-corrected chi connectivity index (χ1v) is 5.85. The molecule has 0 heterocycles. The van der Waals surface area contributed by atoms with Gasteiger partial charge in [-0.1, -0.05) is 19.8 Å². The standard InChI is InChI=1S/C12H23NO2/c1-10-5-4-7-12(8-6-10,13(2)3)9-11(14)15/h10H,4-9H2,1-3H3,(H,14,15). The van der Waals surface area contributed by atoms with E-state index in [-0.39, 0.29) is 12.0 Å². The van der Waals surface area contributed by atoms with Crippen molar-refractivity contribution in [3.05, 3.63) is 0 Å². The summed E-state index contributed by atoms with van der Waals surface area (Å²) in [5, 5.41) is 9.01. The Morgan fingerprint density at radius 2 is 2.07 bits per heavy atom. The predicted molar refractivity (Wildman–Crippen MR) is 60.9 cm³/mol. The number of nitrogens with zero attached hydrogens (tertiary/aromatic N) is 1. The van der Waals surface area contributed by atoms with Gasteiger partial charge in [0.05, 0.1) is 6.42 Å². The van der Waals surface area contributed by atoms with Crippen LogP contribution in [0.1, 0.15) is 45.4 Å². The van der Waals surface area contributed by atoms with Crippen LogP contribution in [0.4, 0.5) is 0 Å². The molecule has 0 aromatic rings. The lowest BCUT2D eigenvalue weighted by Crippen LogP contribution is -2.45. The maximum Gasteiger partial charge on any atom is 0.305 e. The van der Waals surface area contributed by atoms with Crippen molar-refractivity contribution >= 4 is 5.97 Å². The minimum Gasteiger partial charge on any atom is -0.481 e. The normalized spacial score (nSPS) is 32.7. The quantitative estimate of drug-likeness (QED) is 0.732. The Hall–Kier alpha value is -0.570. The molecule has 0 saturated heterocycles. The highest BCUT2D eigenvalue weighted by molar-refractivity contribution is 5.68. The number of hydrogen-bond donors (Lipinski definition) is 1. The summed E-state index contributed by atoms with van der Waals surface area (Å²) in [5.41, 5.74) is -0.101. The zero-order valence-corrected chi connectivity index (χ0v) is 10.1. The van der Waals surface area contributed by atoms with E-state index in [0.717, 1.165) is 31.6 Å². The fourth-order valence-corrected chi connectivity index (χ4v) is 2.63. The molecule has 1 aliphatic rings. The monoisotopic (exact) mass is 213 g/mol. The molecular weight excluding hydrogens is 190 g/mol. The second kappa shape index (κ2) is 4.97. The van der Waals surface area contributed by atoms with Crippen LogP contribution >= 0.6 is 0 Å². The van der Waals surface area contributed by atoms with Crippen LogP contribution < -0.4 is 0 Å². The van der Waals surface area contributed by atoms with E-state index in [4.69, 9.17) is 5.11 Å². The van der Waals surface area contributed by atoms with Gasteiger partial charge in [0, 0.05) is 5.54 Å². The molecule has 0 spiro atoms. The van der Waals surface area contributed by atoms with Crippen LogP contribution in [0.2, 0.25) is 0 Å². The van der Waals surface area contributed by atoms with Crippen molar-refractivity contribution in [1.82, 2.24) is 4.90 Å². The van der Waals surface area contributed by atoms with Crippen LogP contribution in [0.5, 0.6) is 0 Å². The average Bonchev–Trinajstić information content (AvgIpc) is 2.28. The smallest absolute Gasteiger partial charge is 0.305 e. The zero-order chi connectivity index (χ0) is 11.5. The van der Waals surface area contributed by atoms with Gasteiger partial charge in [-0.3, -0.25) is 4.79 Å². The van der Waals surface area contributed by atoms with Crippen molar-refractivity contribution in [3.8, 4) is 0 Å². The van der Waals surface area contributed by atoms with Gasteiger partial charge in [-0.2, -0.15) is 0 Å². The topological polar surface area (TPSA) is 40.5 Å². The van der Waals surface area contributed by atoms with Crippen LogP contribution in [-0.4, -0.2) is 35.6 Å². The van der Waals surface area contributed by atoms with E-state index in [0.29, 0.717) is 0 Å². The summed E-state index contributed by atoms with van der Waals surface area (Å²) < 4.78 is 0. The van der Waals surface area contributed by atoms with Gasteiger partial charge in [-0.25, -0.2) is 0 Å². The first kappa shape index (κ1) is 12.5. The molecule has 1 saturated carbocycles. The predicted octanol–water partition coefficient (Wildman–Crippen LogP) is 2.36. The van der Waals surface area contributed by atoms with Crippen LogP contribution in [0, 0.1) is 5.92 Å². The summed E-state index contributed by atoms with van der Waals surface area (Å²) in [5.74, 6) is 0.0823. The van der Waals surface area contributed by atoms with E-state index in [9.17, 15) is 4.79 Å². The summed E-state index contributed by atoms with van der Waals surface area (Å²) >= 11 is 0. The molecule has 1 aliphatic carbocycles. The van der Waals surface area contributed by atoms with Crippen molar-refractivity contribution in [1.29, 1.82) is 0 Å². The molecule has 1 N–H and O–H groups in total. The fourth-order valence-electron chi connectivity index (χ4n) is 2.63. The number of carboxylic acid groups (broad SMARTS) is 1. The van der Waals surface area contributed by atoms with Crippen LogP contribution in [-0.2, 0) is 4.79 Å². The van der Waals surface area contributed by atoms with E-state index in [2.05, 4.69) is 11.8 Å². The molecule has 3 nitrogen and oxygen atoms in total. The number of aliphatic carboxylic acids is 1. The highest BCUT2D eigenvalue weighted by Gasteiger charge is 2.36. The van der Waals surface area contributed by atoms with E-state index in [1.165, 1.54) is 6.42 Å². The number of carbonyl (C=O) groups is 1. The Kier molecular flexibility index (Phi) is 4.14. The molecule has 88 valence electrons. The average molecular weight is 213 g/mol. The number of rotatable bonds is 3. The lowest BCUT2D eigenvalue weighted by atomic mass is 9.85. The Labute approximate surface area is 92.5 Å². The molecule has 15 heavy (non-hydrogen) atoms. The number of hydrogen-bond acceptors (Lipinski definition) is 2. The second-order valence-corrected chi connectivity index (χ2v) is 5.23. The zero-order valence-electron chi connectivity index (χ0n) is 10.1. The van der Waals surface area contributed by atoms with Crippen molar-refractivity contribution in [2.24, 2.45) is 5.92 Å². The first-order valence-electron chi connectivity index (χ1n) is 5.85. The van der Waals surface area contributed by atoms with Crippen molar-refractivity contribution in [3.63, 3.8) is 0 Å². The number of carboxylic acids is 1. The summed E-state index contributed by atoms with van der Waals surface area (Å²) in [6.45, 7) is 2.27. The van der Waals surface area contributed by atoms with Crippen molar-refractivity contribution in [2.45, 2.75) is 51.0 Å². The van der Waals surface area contributed by atoms with E-state index >= 15 is 0 Å². The molecule has 2 atom stereocenters. The van der Waals surface area contributed by atoms with Gasteiger partial charge >= 0.3 is 5.97 Å². The Morgan fingerprint density at radius 3 is 2.60 bits per heavy atom. The lowest BCUT2D eigenvalue weighted by molar-refractivity contribution is -0.140. The SMILES string of the molecule is CC1CCCC(CC(=O)O)(N(C)C)CC1. The second-order valence-electron chi connectivity index (χ2n) is 5.23. The molecule has 0 amide bonds. The van der Waals surface area contributed by atoms with Crippen LogP contribution in [0.15, 0.2) is 0 Å². The van der Waals surface area contributed by atoms with Gasteiger partial charge in [-0.15, -0.1) is 0 Å². The van der Waals surface area contributed by atoms with E-state index in [1.807, 2.05) is 14.1 Å². The van der Waals surface area contributed by atoms with E-state index < -0.39 is 5.97 Å². The minimum atomic E-state index is -0.668. The Balaban J connectivity index is 2.75. The summed E-state index contributed by atoms with van der Waals surface area (Å²) in [6, 6.07) is 0. The molecule has 3 heteroatoms. The summed E-state index contributed by atoms with van der Waals surface area (Å²) in [7, 11) is 4.03. The van der Waals surface area contributed by atoms with Crippen LogP contribution in [0.25, 0.3) is 0 Å². The molecule has 0 bridgehead atoms. The van der Waals surface area contributed by atoms with Crippen molar-refractivity contribution in [2.75, 3.05) is 14.1 Å². The van der Waals surface area contributed by atoms with Gasteiger partial charge < -0.3 is 10.0 Å². The largest absolute Gasteiger partial charge is 0.481 e. The Morgan fingerprint density at radius 1 is 1.40 bits per heavy atom.